The molecular formula is C21H17N3O5. The van der Waals surface area contributed by atoms with Crippen LogP contribution < -0.4 is 20.3 Å². The number of benzene rings is 2. The molecule has 8 heteroatoms. The summed E-state index contributed by atoms with van der Waals surface area (Å²) < 4.78 is 16.2. The Bertz CT molecular complexity index is 1010. The van der Waals surface area contributed by atoms with Crippen LogP contribution in [0.25, 0.3) is 0 Å². The highest BCUT2D eigenvalue weighted by molar-refractivity contribution is 5.93. The highest BCUT2D eigenvalue weighted by atomic mass is 16.5. The van der Waals surface area contributed by atoms with Crippen LogP contribution in [-0.2, 0) is 11.4 Å². The van der Waals surface area contributed by atoms with Crippen LogP contribution in [0.1, 0.15) is 21.9 Å². The second-order valence-corrected chi connectivity index (χ2v) is 5.79. The van der Waals surface area contributed by atoms with E-state index < -0.39 is 11.8 Å². The van der Waals surface area contributed by atoms with Crippen molar-refractivity contribution in [1.82, 2.24) is 10.9 Å². The normalized spacial score (nSPS) is 9.90. The Kier molecular flexibility index (Phi) is 6.47. The van der Waals surface area contributed by atoms with Crippen LogP contribution in [0.3, 0.4) is 0 Å². The molecule has 0 saturated heterocycles. The van der Waals surface area contributed by atoms with Gasteiger partial charge < -0.3 is 13.9 Å². The maximum atomic E-state index is 12.0. The fourth-order valence-electron chi connectivity index (χ4n) is 2.25. The number of nitrogens with one attached hydrogen (secondary N) is 2. The van der Waals surface area contributed by atoms with Crippen molar-refractivity contribution in [3.8, 4) is 17.6 Å². The van der Waals surface area contributed by atoms with E-state index in [9.17, 15) is 9.59 Å². The van der Waals surface area contributed by atoms with Crippen molar-refractivity contribution in [3.63, 3.8) is 0 Å². The van der Waals surface area contributed by atoms with Crippen LogP contribution in [0.4, 0.5) is 0 Å². The van der Waals surface area contributed by atoms with Gasteiger partial charge in [-0.2, -0.15) is 5.26 Å². The topological polar surface area (TPSA) is 114 Å². The Hall–Kier alpha value is -4.25. The zero-order valence-electron chi connectivity index (χ0n) is 15.3. The first-order chi connectivity index (χ1) is 14.1. The number of carbonyl (C=O) groups is 2. The fraction of sp³-hybridized carbons (Fsp3) is 0.0952. The monoisotopic (exact) mass is 391 g/mol. The fourth-order valence-corrected chi connectivity index (χ4v) is 2.25. The molecule has 2 aromatic carbocycles. The van der Waals surface area contributed by atoms with Gasteiger partial charge in [0.25, 0.3) is 5.91 Å². The summed E-state index contributed by atoms with van der Waals surface area (Å²) in [5, 5.41) is 8.74. The molecule has 0 aliphatic heterocycles. The first kappa shape index (κ1) is 19.5. The van der Waals surface area contributed by atoms with Gasteiger partial charge in [-0.15, -0.1) is 0 Å². The molecule has 0 spiro atoms. The summed E-state index contributed by atoms with van der Waals surface area (Å²) >= 11 is 0. The van der Waals surface area contributed by atoms with E-state index in [2.05, 4.69) is 10.9 Å². The molecule has 0 bridgehead atoms. The predicted molar refractivity (Wildman–Crippen MR) is 102 cm³/mol. The molecular weight excluding hydrogens is 374 g/mol. The number of hydrazine groups is 1. The van der Waals surface area contributed by atoms with Crippen LogP contribution in [-0.4, -0.2) is 18.4 Å². The van der Waals surface area contributed by atoms with E-state index in [1.54, 1.807) is 30.3 Å². The van der Waals surface area contributed by atoms with Crippen molar-refractivity contribution in [2.75, 3.05) is 6.61 Å². The summed E-state index contributed by atoms with van der Waals surface area (Å²) in [5.41, 5.74) is 4.97. The molecule has 2 amide bonds. The van der Waals surface area contributed by atoms with Gasteiger partial charge in [-0.1, -0.05) is 18.2 Å². The summed E-state index contributed by atoms with van der Waals surface area (Å²) in [6.45, 7) is -0.136. The molecule has 3 aromatic rings. The molecule has 0 fully saturated rings. The lowest BCUT2D eigenvalue weighted by molar-refractivity contribution is -0.123. The SMILES string of the molecule is N#Cc1ccc(OCC(=O)NNC(=O)c2ccc(COc3ccccc3)o2)cc1. The van der Waals surface area contributed by atoms with Gasteiger partial charge in [0.15, 0.2) is 12.4 Å². The number of rotatable bonds is 7. The molecule has 8 nitrogen and oxygen atoms in total. The van der Waals surface area contributed by atoms with Crippen LogP contribution in [0.5, 0.6) is 11.5 Å². The zero-order valence-corrected chi connectivity index (χ0v) is 15.3. The number of furan rings is 1. The second kappa shape index (κ2) is 9.62. The summed E-state index contributed by atoms with van der Waals surface area (Å²) in [6.07, 6.45) is 0. The van der Waals surface area contributed by atoms with Crippen molar-refractivity contribution in [2.24, 2.45) is 0 Å². The maximum absolute atomic E-state index is 12.0. The van der Waals surface area contributed by atoms with E-state index in [-0.39, 0.29) is 19.0 Å². The number of para-hydroxylation sites is 1. The van der Waals surface area contributed by atoms with Crippen molar-refractivity contribution < 1.29 is 23.5 Å². The lowest BCUT2D eigenvalue weighted by Crippen LogP contribution is -2.43. The minimum absolute atomic E-state index is 0.0324. The Morgan fingerprint density at radius 2 is 1.62 bits per heavy atom. The molecule has 0 unspecified atom stereocenters. The number of carbonyl (C=O) groups excluding carboxylic acids is 2. The number of nitrogens with zero attached hydrogens (tertiary/aromatic N) is 1. The van der Waals surface area contributed by atoms with Crippen LogP contribution >= 0.6 is 0 Å². The zero-order chi connectivity index (χ0) is 20.5. The van der Waals surface area contributed by atoms with Gasteiger partial charge in [0, 0.05) is 0 Å². The van der Waals surface area contributed by atoms with Crippen molar-refractivity contribution in [2.45, 2.75) is 6.61 Å². The number of hydrogen-bond acceptors (Lipinski definition) is 6. The first-order valence-corrected chi connectivity index (χ1v) is 8.63. The lowest BCUT2D eigenvalue weighted by atomic mass is 10.2. The number of hydrogen-bond donors (Lipinski definition) is 2. The minimum Gasteiger partial charge on any atom is -0.486 e. The average molecular weight is 391 g/mol. The average Bonchev–Trinajstić information content (AvgIpc) is 3.25. The molecule has 1 aromatic heterocycles. The molecule has 0 radical (unpaired) electrons. The van der Waals surface area contributed by atoms with E-state index in [1.165, 1.54) is 6.07 Å². The second-order valence-electron chi connectivity index (χ2n) is 5.79. The number of amides is 2. The third-order valence-electron chi connectivity index (χ3n) is 3.68. The van der Waals surface area contributed by atoms with E-state index in [0.29, 0.717) is 22.8 Å². The molecule has 29 heavy (non-hydrogen) atoms. The first-order valence-electron chi connectivity index (χ1n) is 8.63. The summed E-state index contributed by atoms with van der Waals surface area (Å²) in [6, 6.07) is 20.6. The third kappa shape index (κ3) is 5.87. The quantitative estimate of drug-likeness (QED) is 0.599. The third-order valence-corrected chi connectivity index (χ3v) is 3.68. The van der Waals surface area contributed by atoms with E-state index in [0.717, 1.165) is 0 Å². The Morgan fingerprint density at radius 3 is 2.34 bits per heavy atom. The smallest absolute Gasteiger partial charge is 0.305 e. The van der Waals surface area contributed by atoms with Gasteiger partial charge in [-0.3, -0.25) is 20.4 Å². The molecule has 0 aliphatic carbocycles. The molecule has 3 rings (SSSR count). The Morgan fingerprint density at radius 1 is 0.897 bits per heavy atom. The van der Waals surface area contributed by atoms with E-state index in [4.69, 9.17) is 19.2 Å². The lowest BCUT2D eigenvalue weighted by Gasteiger charge is -2.08. The number of ether oxygens (including phenoxy) is 2. The van der Waals surface area contributed by atoms with Crippen molar-refractivity contribution in [3.05, 3.63) is 83.8 Å². The predicted octanol–water partition coefficient (Wildman–Crippen LogP) is 2.57. The Labute approximate surface area is 166 Å². The van der Waals surface area contributed by atoms with Crippen LogP contribution in [0.15, 0.2) is 71.1 Å². The molecule has 2 N–H and O–H groups in total. The Balaban J connectivity index is 1.41. The van der Waals surface area contributed by atoms with Gasteiger partial charge in [0.2, 0.25) is 0 Å². The molecule has 0 aliphatic rings. The maximum Gasteiger partial charge on any atom is 0.305 e. The molecule has 1 heterocycles. The highest BCUT2D eigenvalue weighted by Gasteiger charge is 2.13. The van der Waals surface area contributed by atoms with E-state index in [1.807, 2.05) is 36.4 Å². The largest absolute Gasteiger partial charge is 0.486 e. The van der Waals surface area contributed by atoms with Crippen molar-refractivity contribution >= 4 is 11.8 Å². The van der Waals surface area contributed by atoms with Gasteiger partial charge in [0.05, 0.1) is 11.6 Å². The van der Waals surface area contributed by atoms with Gasteiger partial charge in [-0.05, 0) is 48.5 Å². The summed E-state index contributed by atoms with van der Waals surface area (Å²) in [5.74, 6) is 0.452. The minimum atomic E-state index is -0.609. The number of nitriles is 1. The highest BCUT2D eigenvalue weighted by Crippen LogP contribution is 2.14. The van der Waals surface area contributed by atoms with Crippen molar-refractivity contribution in [1.29, 1.82) is 5.26 Å². The van der Waals surface area contributed by atoms with Crippen LogP contribution in [0, 0.1) is 11.3 Å². The van der Waals surface area contributed by atoms with Gasteiger partial charge >= 0.3 is 5.91 Å². The standard InChI is InChI=1S/C21H17N3O5/c22-12-15-6-8-17(9-7-15)28-14-20(25)23-24-21(26)19-11-10-18(29-19)13-27-16-4-2-1-3-5-16/h1-11H,13-14H2,(H,23,25)(H,24,26). The molecule has 0 atom stereocenters. The molecule has 0 saturated carbocycles. The summed E-state index contributed by atoms with van der Waals surface area (Å²) in [4.78, 5) is 23.8. The van der Waals surface area contributed by atoms with E-state index >= 15 is 0 Å². The van der Waals surface area contributed by atoms with Gasteiger partial charge in [-0.25, -0.2) is 0 Å². The van der Waals surface area contributed by atoms with Crippen LogP contribution in [0.2, 0.25) is 0 Å². The molecule has 146 valence electrons. The summed E-state index contributed by atoms with van der Waals surface area (Å²) in [7, 11) is 0. The van der Waals surface area contributed by atoms with Gasteiger partial charge in [0.1, 0.15) is 23.9 Å².